The lowest BCUT2D eigenvalue weighted by molar-refractivity contribution is 0.458. The average molecular weight is 265 g/mol. The Kier molecular flexibility index (Phi) is 3.21. The normalized spacial score (nSPS) is 11.5. The van der Waals surface area contributed by atoms with Crippen molar-refractivity contribution in [2.45, 2.75) is 18.1 Å². The van der Waals surface area contributed by atoms with Crippen LogP contribution in [-0.2, 0) is 9.84 Å². The van der Waals surface area contributed by atoms with E-state index < -0.39 is 9.84 Å². The van der Waals surface area contributed by atoms with Gasteiger partial charge in [-0.15, -0.1) is 0 Å². The molecule has 0 bridgehead atoms. The Bertz CT molecular complexity index is 713. The van der Waals surface area contributed by atoms with Crippen LogP contribution >= 0.6 is 0 Å². The summed E-state index contributed by atoms with van der Waals surface area (Å²) in [5, 5.41) is 8.06. The molecule has 0 unspecified atom stereocenters. The maximum absolute atomic E-state index is 11.9. The molecule has 0 saturated heterocycles. The van der Waals surface area contributed by atoms with E-state index >= 15 is 0 Å². The monoisotopic (exact) mass is 265 g/mol. The van der Waals surface area contributed by atoms with E-state index in [4.69, 9.17) is 15.4 Å². The standard InChI is InChI=1S/C11H11N3O3S/c12-5-1-2-6-18(15,16)11-14-9-7-8(13)3-4-10(9)17-11/h3-4,7H,1-2,6,13H2. The summed E-state index contributed by atoms with van der Waals surface area (Å²) in [4.78, 5) is 3.91. The molecule has 0 radical (unpaired) electrons. The van der Waals surface area contributed by atoms with Gasteiger partial charge in [0.1, 0.15) is 5.52 Å². The first-order valence-corrected chi connectivity index (χ1v) is 6.94. The molecule has 2 rings (SSSR count). The number of rotatable bonds is 4. The number of nitrogens with zero attached hydrogens (tertiary/aromatic N) is 2. The van der Waals surface area contributed by atoms with Gasteiger partial charge in [0.05, 0.1) is 11.8 Å². The smallest absolute Gasteiger partial charge is 0.316 e. The first kappa shape index (κ1) is 12.4. The fraction of sp³-hybridized carbons (Fsp3) is 0.273. The molecule has 0 atom stereocenters. The lowest BCUT2D eigenvalue weighted by atomic mass is 10.3. The van der Waals surface area contributed by atoms with E-state index in [1.807, 2.05) is 6.07 Å². The number of nitriles is 1. The van der Waals surface area contributed by atoms with Crippen LogP contribution in [-0.4, -0.2) is 19.2 Å². The molecule has 18 heavy (non-hydrogen) atoms. The van der Waals surface area contributed by atoms with E-state index in [0.717, 1.165) is 0 Å². The van der Waals surface area contributed by atoms with Gasteiger partial charge in [-0.05, 0) is 24.6 Å². The molecule has 0 aliphatic rings. The van der Waals surface area contributed by atoms with Crippen LogP contribution in [0.3, 0.4) is 0 Å². The second-order valence-electron chi connectivity index (χ2n) is 3.79. The molecule has 0 fully saturated rings. The fourth-order valence-electron chi connectivity index (χ4n) is 1.48. The Hall–Kier alpha value is -2.07. The summed E-state index contributed by atoms with van der Waals surface area (Å²) in [6.45, 7) is 0. The number of benzene rings is 1. The zero-order valence-corrected chi connectivity index (χ0v) is 10.3. The Morgan fingerprint density at radius 2 is 2.22 bits per heavy atom. The third-order valence-electron chi connectivity index (χ3n) is 2.36. The van der Waals surface area contributed by atoms with Gasteiger partial charge in [0.25, 0.3) is 0 Å². The molecular weight excluding hydrogens is 254 g/mol. The molecule has 2 N–H and O–H groups in total. The van der Waals surface area contributed by atoms with Crippen molar-refractivity contribution >= 4 is 26.6 Å². The molecule has 7 heteroatoms. The van der Waals surface area contributed by atoms with Gasteiger partial charge in [-0.1, -0.05) is 0 Å². The Morgan fingerprint density at radius 3 is 2.94 bits per heavy atom. The third kappa shape index (κ3) is 2.43. The van der Waals surface area contributed by atoms with Crippen molar-refractivity contribution in [3.05, 3.63) is 18.2 Å². The molecule has 0 aliphatic heterocycles. The van der Waals surface area contributed by atoms with E-state index in [1.54, 1.807) is 18.2 Å². The van der Waals surface area contributed by atoms with Gasteiger partial charge in [-0.3, -0.25) is 0 Å². The summed E-state index contributed by atoms with van der Waals surface area (Å²) >= 11 is 0. The summed E-state index contributed by atoms with van der Waals surface area (Å²) in [5.74, 6) is -0.150. The topological polar surface area (TPSA) is 110 Å². The van der Waals surface area contributed by atoms with Crippen molar-refractivity contribution in [2.24, 2.45) is 0 Å². The predicted molar refractivity (Wildman–Crippen MR) is 65.3 cm³/mol. The van der Waals surface area contributed by atoms with Gasteiger partial charge in [-0.25, -0.2) is 8.42 Å². The molecule has 2 aromatic rings. The van der Waals surface area contributed by atoms with Gasteiger partial charge in [0.15, 0.2) is 5.58 Å². The number of nitrogens with two attached hydrogens (primary N) is 1. The van der Waals surface area contributed by atoms with E-state index in [9.17, 15) is 8.42 Å². The number of aromatic nitrogens is 1. The Morgan fingerprint density at radius 1 is 1.44 bits per heavy atom. The molecule has 1 heterocycles. The Labute approximate surface area is 104 Å². The number of fused-ring (bicyclic) bond motifs is 1. The minimum atomic E-state index is -3.58. The first-order valence-electron chi connectivity index (χ1n) is 5.29. The number of anilines is 1. The van der Waals surface area contributed by atoms with Crippen LogP contribution in [0, 0.1) is 11.3 Å². The number of sulfone groups is 1. The number of hydrogen-bond acceptors (Lipinski definition) is 6. The number of hydrogen-bond donors (Lipinski definition) is 1. The largest absolute Gasteiger partial charge is 0.428 e. The van der Waals surface area contributed by atoms with Crippen molar-refractivity contribution < 1.29 is 12.8 Å². The Balaban J connectivity index is 2.33. The molecular formula is C11H11N3O3S. The van der Waals surface area contributed by atoms with Crippen LogP contribution in [0.2, 0.25) is 0 Å². The highest BCUT2D eigenvalue weighted by atomic mass is 32.2. The highest BCUT2D eigenvalue weighted by Gasteiger charge is 2.21. The summed E-state index contributed by atoms with van der Waals surface area (Å²) < 4.78 is 28.9. The van der Waals surface area contributed by atoms with Crippen LogP contribution in [0.25, 0.3) is 11.1 Å². The summed E-state index contributed by atoms with van der Waals surface area (Å²) in [6, 6.07) is 6.63. The van der Waals surface area contributed by atoms with Crippen LogP contribution < -0.4 is 5.73 Å². The lowest BCUT2D eigenvalue weighted by Gasteiger charge is -1.95. The van der Waals surface area contributed by atoms with Gasteiger partial charge < -0.3 is 10.2 Å². The average Bonchev–Trinajstić information content (AvgIpc) is 2.72. The minimum absolute atomic E-state index is 0.150. The second kappa shape index (κ2) is 4.66. The molecule has 0 aliphatic carbocycles. The van der Waals surface area contributed by atoms with Gasteiger partial charge in [0.2, 0.25) is 9.84 Å². The molecule has 0 saturated carbocycles. The van der Waals surface area contributed by atoms with Gasteiger partial charge in [-0.2, -0.15) is 10.2 Å². The molecule has 0 spiro atoms. The van der Waals surface area contributed by atoms with Crippen LogP contribution in [0.15, 0.2) is 27.8 Å². The van der Waals surface area contributed by atoms with Crippen molar-refractivity contribution in [3.63, 3.8) is 0 Å². The highest BCUT2D eigenvalue weighted by Crippen LogP contribution is 2.22. The van der Waals surface area contributed by atoms with E-state index in [0.29, 0.717) is 16.8 Å². The summed E-state index contributed by atoms with van der Waals surface area (Å²) in [7, 11) is -3.58. The first-order chi connectivity index (χ1) is 8.53. The van der Waals surface area contributed by atoms with E-state index in [2.05, 4.69) is 4.98 Å². The van der Waals surface area contributed by atoms with Crippen molar-refractivity contribution in [1.82, 2.24) is 4.98 Å². The second-order valence-corrected chi connectivity index (χ2v) is 5.77. The zero-order valence-electron chi connectivity index (χ0n) is 9.46. The molecule has 6 nitrogen and oxygen atoms in total. The molecule has 1 aromatic carbocycles. The maximum atomic E-state index is 11.9. The quantitative estimate of drug-likeness (QED) is 0.662. The highest BCUT2D eigenvalue weighted by molar-refractivity contribution is 7.91. The van der Waals surface area contributed by atoms with Crippen molar-refractivity contribution in [1.29, 1.82) is 5.26 Å². The van der Waals surface area contributed by atoms with Crippen LogP contribution in [0.1, 0.15) is 12.8 Å². The molecule has 94 valence electrons. The lowest BCUT2D eigenvalue weighted by Crippen LogP contribution is -2.06. The van der Waals surface area contributed by atoms with Crippen LogP contribution in [0.5, 0.6) is 0 Å². The van der Waals surface area contributed by atoms with E-state index in [-0.39, 0.29) is 23.8 Å². The zero-order chi connectivity index (χ0) is 13.2. The molecule has 0 amide bonds. The maximum Gasteiger partial charge on any atom is 0.316 e. The van der Waals surface area contributed by atoms with Crippen LogP contribution in [0.4, 0.5) is 5.69 Å². The summed E-state index contributed by atoms with van der Waals surface area (Å²) in [5.41, 5.74) is 6.85. The SMILES string of the molecule is N#CCCCS(=O)(=O)c1nc2cc(N)ccc2o1. The van der Waals surface area contributed by atoms with Crippen molar-refractivity contribution in [2.75, 3.05) is 11.5 Å². The van der Waals surface area contributed by atoms with Gasteiger partial charge >= 0.3 is 5.22 Å². The number of nitrogen functional groups attached to an aromatic ring is 1. The molecule has 1 aromatic heterocycles. The third-order valence-corrected chi connectivity index (χ3v) is 3.89. The van der Waals surface area contributed by atoms with Gasteiger partial charge in [0, 0.05) is 12.1 Å². The summed E-state index contributed by atoms with van der Waals surface area (Å²) in [6.07, 6.45) is 0.451. The van der Waals surface area contributed by atoms with Crippen molar-refractivity contribution in [3.8, 4) is 6.07 Å². The fourth-order valence-corrected chi connectivity index (χ4v) is 2.64. The number of unbranched alkanes of at least 4 members (excludes halogenated alkanes) is 1. The minimum Gasteiger partial charge on any atom is -0.428 e. The number of oxazole rings is 1. The predicted octanol–water partition coefficient (Wildman–Crippen LogP) is 1.49. The van der Waals surface area contributed by atoms with E-state index in [1.165, 1.54) is 0 Å².